The second kappa shape index (κ2) is 8.15. The molecule has 1 fully saturated rings. The minimum Gasteiger partial charge on any atom is -0.355 e. The number of rotatable bonds is 3. The van der Waals surface area contributed by atoms with Crippen molar-refractivity contribution >= 4 is 27.5 Å². The molecule has 170 valence electrons. The summed E-state index contributed by atoms with van der Waals surface area (Å²) in [6.45, 7) is 4.89. The Morgan fingerprint density at radius 2 is 1.79 bits per heavy atom. The number of carbonyl (C=O) groups is 1. The van der Waals surface area contributed by atoms with Crippen LogP contribution in [0.4, 0.5) is 5.69 Å². The molecule has 1 N–H and O–H groups in total. The zero-order valence-electron chi connectivity index (χ0n) is 18.5. The van der Waals surface area contributed by atoms with E-state index in [0.717, 1.165) is 29.9 Å². The first-order chi connectivity index (χ1) is 15.8. The molecule has 0 spiro atoms. The molecule has 2 aliphatic rings. The molecule has 8 nitrogen and oxygen atoms in total. The lowest BCUT2D eigenvalue weighted by Gasteiger charge is -2.33. The highest BCUT2D eigenvalue weighted by atomic mass is 32.2. The number of aryl methyl sites for hydroxylation is 1. The Kier molecular flexibility index (Phi) is 5.28. The molecule has 9 heteroatoms. The number of nitrogens with zero attached hydrogens (tertiary/aromatic N) is 4. The van der Waals surface area contributed by atoms with Crippen LogP contribution in [0.2, 0.25) is 0 Å². The van der Waals surface area contributed by atoms with Crippen LogP contribution in [0.15, 0.2) is 63.9 Å². The second-order valence-electron chi connectivity index (χ2n) is 8.45. The van der Waals surface area contributed by atoms with Gasteiger partial charge in [-0.1, -0.05) is 30.3 Å². The summed E-state index contributed by atoms with van der Waals surface area (Å²) in [5.41, 5.74) is 3.86. The van der Waals surface area contributed by atoms with Crippen molar-refractivity contribution in [3.05, 3.63) is 71.5 Å². The second-order valence-corrected chi connectivity index (χ2v) is 10.0. The van der Waals surface area contributed by atoms with E-state index in [1.807, 2.05) is 53.8 Å². The first-order valence-electron chi connectivity index (χ1n) is 11.0. The SMILES string of the molecule is Cc1nn(-c2ccccc2)c(C)c1NC(=O)[C@H]1CCCN(C2=NS(=O)(=O)c3ccccc32)C1. The van der Waals surface area contributed by atoms with E-state index in [1.165, 1.54) is 0 Å². The van der Waals surface area contributed by atoms with Crippen molar-refractivity contribution in [1.29, 1.82) is 0 Å². The number of hydrogen-bond acceptors (Lipinski definition) is 5. The van der Waals surface area contributed by atoms with Gasteiger partial charge < -0.3 is 10.2 Å². The molecule has 0 unspecified atom stereocenters. The van der Waals surface area contributed by atoms with E-state index in [1.54, 1.807) is 24.3 Å². The van der Waals surface area contributed by atoms with Crippen molar-refractivity contribution in [2.75, 3.05) is 18.4 Å². The van der Waals surface area contributed by atoms with Gasteiger partial charge in [-0.05, 0) is 51.0 Å². The number of aromatic nitrogens is 2. The Hall–Kier alpha value is -3.46. The minimum absolute atomic E-state index is 0.0896. The molecule has 0 saturated carbocycles. The molecule has 0 aliphatic carbocycles. The summed E-state index contributed by atoms with van der Waals surface area (Å²) in [6.07, 6.45) is 1.51. The van der Waals surface area contributed by atoms with E-state index < -0.39 is 10.0 Å². The number of para-hydroxylation sites is 1. The van der Waals surface area contributed by atoms with Gasteiger partial charge >= 0.3 is 0 Å². The van der Waals surface area contributed by atoms with Crippen molar-refractivity contribution < 1.29 is 13.2 Å². The maximum atomic E-state index is 13.2. The van der Waals surface area contributed by atoms with Gasteiger partial charge in [-0.25, -0.2) is 4.68 Å². The number of amides is 1. The molecule has 1 saturated heterocycles. The number of sulfonamides is 1. The average Bonchev–Trinajstić information content (AvgIpc) is 3.27. The van der Waals surface area contributed by atoms with E-state index in [-0.39, 0.29) is 16.7 Å². The van der Waals surface area contributed by atoms with E-state index >= 15 is 0 Å². The number of hydrogen-bond donors (Lipinski definition) is 1. The van der Waals surface area contributed by atoms with Crippen LogP contribution in [0.5, 0.6) is 0 Å². The van der Waals surface area contributed by atoms with Crippen LogP contribution >= 0.6 is 0 Å². The third-order valence-electron chi connectivity index (χ3n) is 6.24. The zero-order valence-corrected chi connectivity index (χ0v) is 19.3. The fraction of sp³-hybridized carbons (Fsp3) is 0.292. The number of carbonyl (C=O) groups excluding carboxylic acids is 1. The van der Waals surface area contributed by atoms with E-state index in [0.29, 0.717) is 30.2 Å². The van der Waals surface area contributed by atoms with Crippen LogP contribution in [0.3, 0.4) is 0 Å². The normalized spacial score (nSPS) is 19.2. The summed E-state index contributed by atoms with van der Waals surface area (Å²) >= 11 is 0. The predicted molar refractivity (Wildman–Crippen MR) is 126 cm³/mol. The van der Waals surface area contributed by atoms with E-state index in [2.05, 4.69) is 14.8 Å². The highest BCUT2D eigenvalue weighted by Crippen LogP contribution is 2.30. The van der Waals surface area contributed by atoms with Crippen molar-refractivity contribution in [2.24, 2.45) is 10.3 Å². The summed E-state index contributed by atoms with van der Waals surface area (Å²) in [4.78, 5) is 15.4. The lowest BCUT2D eigenvalue weighted by atomic mass is 9.96. The first-order valence-corrected chi connectivity index (χ1v) is 12.4. The van der Waals surface area contributed by atoms with Gasteiger partial charge in [-0.15, -0.1) is 4.40 Å². The first kappa shape index (κ1) is 21.4. The molecule has 3 heterocycles. The summed E-state index contributed by atoms with van der Waals surface area (Å²) < 4.78 is 30.8. The third-order valence-corrected chi connectivity index (χ3v) is 7.57. The summed E-state index contributed by atoms with van der Waals surface area (Å²) in [6, 6.07) is 16.6. The van der Waals surface area contributed by atoms with Gasteiger partial charge in [0.15, 0.2) is 5.84 Å². The third kappa shape index (κ3) is 3.82. The van der Waals surface area contributed by atoms with Crippen LogP contribution in [0.25, 0.3) is 5.69 Å². The van der Waals surface area contributed by atoms with Crippen LogP contribution < -0.4 is 5.32 Å². The zero-order chi connectivity index (χ0) is 23.2. The van der Waals surface area contributed by atoms with Gasteiger partial charge in [0, 0.05) is 18.7 Å². The van der Waals surface area contributed by atoms with Crippen molar-refractivity contribution in [1.82, 2.24) is 14.7 Å². The Bertz CT molecular complexity index is 1360. The largest absolute Gasteiger partial charge is 0.355 e. The number of likely N-dealkylation sites (tertiary alicyclic amines) is 1. The van der Waals surface area contributed by atoms with Crippen LogP contribution in [-0.4, -0.2) is 47.9 Å². The topological polar surface area (TPSA) is 96.7 Å². The minimum atomic E-state index is -3.69. The molecule has 5 rings (SSSR count). The molecule has 0 bridgehead atoms. The van der Waals surface area contributed by atoms with Crippen LogP contribution in [-0.2, 0) is 14.8 Å². The van der Waals surface area contributed by atoms with Crippen LogP contribution in [0, 0.1) is 19.8 Å². The molecule has 1 amide bonds. The number of piperidine rings is 1. The van der Waals surface area contributed by atoms with Crippen molar-refractivity contribution in [3.8, 4) is 5.69 Å². The van der Waals surface area contributed by atoms with Crippen molar-refractivity contribution in [3.63, 3.8) is 0 Å². The van der Waals surface area contributed by atoms with E-state index in [4.69, 9.17) is 0 Å². The maximum Gasteiger partial charge on any atom is 0.285 e. The Morgan fingerprint density at radius 3 is 2.58 bits per heavy atom. The maximum absolute atomic E-state index is 13.2. The smallest absolute Gasteiger partial charge is 0.285 e. The number of fused-ring (bicyclic) bond motifs is 1. The van der Waals surface area contributed by atoms with Gasteiger partial charge in [0.25, 0.3) is 10.0 Å². The lowest BCUT2D eigenvalue weighted by Crippen LogP contribution is -2.43. The molecular formula is C24H25N5O3S. The quantitative estimate of drug-likeness (QED) is 0.643. The molecule has 2 aliphatic heterocycles. The predicted octanol–water partition coefficient (Wildman–Crippen LogP) is 3.29. The summed E-state index contributed by atoms with van der Waals surface area (Å²) in [7, 11) is -3.69. The Morgan fingerprint density at radius 1 is 1.06 bits per heavy atom. The molecule has 1 atom stereocenters. The summed E-state index contributed by atoms with van der Waals surface area (Å²) in [5.74, 6) is 0.0661. The fourth-order valence-electron chi connectivity index (χ4n) is 4.57. The van der Waals surface area contributed by atoms with Crippen molar-refractivity contribution in [2.45, 2.75) is 31.6 Å². The molecule has 0 radical (unpaired) electrons. The van der Waals surface area contributed by atoms with Gasteiger partial charge in [0.2, 0.25) is 5.91 Å². The monoisotopic (exact) mass is 463 g/mol. The Labute approximate surface area is 193 Å². The number of anilines is 1. The van der Waals surface area contributed by atoms with Gasteiger partial charge in [-0.2, -0.15) is 13.5 Å². The average molecular weight is 464 g/mol. The molecule has 2 aromatic carbocycles. The lowest BCUT2D eigenvalue weighted by molar-refractivity contribution is -0.121. The highest BCUT2D eigenvalue weighted by molar-refractivity contribution is 7.90. The highest BCUT2D eigenvalue weighted by Gasteiger charge is 2.35. The van der Waals surface area contributed by atoms with Gasteiger partial charge in [0.1, 0.15) is 4.90 Å². The van der Waals surface area contributed by atoms with Gasteiger partial charge in [-0.3, -0.25) is 4.79 Å². The van der Waals surface area contributed by atoms with Gasteiger partial charge in [0.05, 0.1) is 28.7 Å². The molecule has 3 aromatic rings. The molecule has 1 aromatic heterocycles. The molecule has 33 heavy (non-hydrogen) atoms. The number of benzene rings is 2. The Balaban J connectivity index is 1.36. The van der Waals surface area contributed by atoms with E-state index in [9.17, 15) is 13.2 Å². The number of nitrogens with one attached hydrogen (secondary N) is 1. The standard InChI is InChI=1S/C24H25N5O3S/c1-16-22(17(2)29(26-16)19-10-4-3-5-11-19)25-24(30)18-9-8-14-28(15-18)23-20-12-6-7-13-21(20)33(31,32)27-23/h3-7,10-13,18H,8-9,14-15H2,1-2H3,(H,25,30)/t18-/m0/s1. The number of amidine groups is 1. The van der Waals surface area contributed by atoms with Crippen LogP contribution in [0.1, 0.15) is 29.8 Å². The summed E-state index contributed by atoms with van der Waals surface area (Å²) in [5, 5.41) is 7.68. The fourth-order valence-corrected chi connectivity index (χ4v) is 5.80. The molecular weight excluding hydrogens is 438 g/mol.